The summed E-state index contributed by atoms with van der Waals surface area (Å²) in [5, 5.41) is 0. The maximum absolute atomic E-state index is 5.93. The van der Waals surface area contributed by atoms with Crippen molar-refractivity contribution < 1.29 is 9.47 Å². The zero-order valence-corrected chi connectivity index (χ0v) is 20.1. The molecule has 1 aromatic carbocycles. The Kier molecular flexibility index (Phi) is 18.9. The van der Waals surface area contributed by atoms with E-state index in [4.69, 9.17) is 9.47 Å². The number of hydrogen-bond donors (Lipinski definition) is 0. The van der Waals surface area contributed by atoms with Crippen LogP contribution < -0.4 is 9.47 Å². The molecule has 0 saturated carbocycles. The third kappa shape index (κ3) is 15.6. The fraction of sp³-hybridized carbons (Fsp3) is 0.786. The number of hydrogen-bond acceptors (Lipinski definition) is 2. The lowest BCUT2D eigenvalue weighted by Crippen LogP contribution is -2.03. The molecule has 0 fully saturated rings. The van der Waals surface area contributed by atoms with E-state index in [0.29, 0.717) is 0 Å². The molecule has 0 saturated heterocycles. The summed E-state index contributed by atoms with van der Waals surface area (Å²) in [4.78, 5) is 0. The van der Waals surface area contributed by atoms with Gasteiger partial charge in [-0.3, -0.25) is 0 Å². The Morgan fingerprint density at radius 2 is 0.767 bits per heavy atom. The average molecular weight is 417 g/mol. The molecule has 0 amide bonds. The number of ether oxygens (including phenoxy) is 2. The summed E-state index contributed by atoms with van der Waals surface area (Å²) in [6, 6.07) is 10.1. The fourth-order valence-electron chi connectivity index (χ4n) is 3.75. The molecule has 0 atom stereocenters. The molecule has 0 aliphatic rings. The Balaban J connectivity index is 2.02. The summed E-state index contributed by atoms with van der Waals surface area (Å²) >= 11 is 0. The predicted molar refractivity (Wildman–Crippen MR) is 130 cm³/mol. The van der Waals surface area contributed by atoms with Crippen LogP contribution in [0.5, 0.6) is 11.5 Å². The highest BCUT2D eigenvalue weighted by Crippen LogP contribution is 2.26. The lowest BCUT2D eigenvalue weighted by atomic mass is 10.1. The minimum Gasteiger partial charge on any atom is -0.489 e. The first-order valence-electron chi connectivity index (χ1n) is 13.1. The van der Waals surface area contributed by atoms with Crippen LogP contribution in [0.4, 0.5) is 0 Å². The summed E-state index contributed by atoms with van der Waals surface area (Å²) in [7, 11) is 0. The van der Waals surface area contributed by atoms with E-state index in [1.807, 2.05) is 12.1 Å². The van der Waals surface area contributed by atoms with Gasteiger partial charge in [0.05, 0.1) is 13.2 Å². The van der Waals surface area contributed by atoms with Crippen LogP contribution in [0, 0.1) is 12.1 Å². The molecule has 2 radical (unpaired) electrons. The molecule has 2 nitrogen and oxygen atoms in total. The molecule has 0 bridgehead atoms. The Labute approximate surface area is 188 Å². The molecule has 0 heterocycles. The first kappa shape index (κ1) is 26.9. The molecule has 172 valence electrons. The summed E-state index contributed by atoms with van der Waals surface area (Å²) in [5.41, 5.74) is 0. The van der Waals surface area contributed by atoms with Gasteiger partial charge in [0.15, 0.2) is 11.5 Å². The van der Waals surface area contributed by atoms with Gasteiger partial charge in [-0.1, -0.05) is 117 Å². The summed E-state index contributed by atoms with van der Waals surface area (Å²) < 4.78 is 11.9. The average Bonchev–Trinajstić information content (AvgIpc) is 2.77. The van der Waals surface area contributed by atoms with Gasteiger partial charge >= 0.3 is 0 Å². The van der Waals surface area contributed by atoms with Gasteiger partial charge in [0, 0.05) is 12.1 Å². The first-order valence-corrected chi connectivity index (χ1v) is 13.1. The van der Waals surface area contributed by atoms with Gasteiger partial charge in [-0.25, -0.2) is 0 Å². The molecule has 0 aromatic heterocycles. The molecule has 0 N–H and O–H groups in total. The third-order valence-electron chi connectivity index (χ3n) is 5.71. The molecule has 2 heteroatoms. The largest absolute Gasteiger partial charge is 0.489 e. The predicted octanol–water partition coefficient (Wildman–Crippen LogP) is 9.11. The zero-order valence-electron chi connectivity index (χ0n) is 20.1. The second-order valence-electron chi connectivity index (χ2n) is 8.63. The van der Waals surface area contributed by atoms with Crippen LogP contribution in [0.25, 0.3) is 0 Å². The second kappa shape index (κ2) is 21.1. The van der Waals surface area contributed by atoms with E-state index in [1.54, 1.807) is 0 Å². The van der Waals surface area contributed by atoms with E-state index in [9.17, 15) is 0 Å². The smallest absolute Gasteiger partial charge is 0.169 e. The lowest BCUT2D eigenvalue weighted by molar-refractivity contribution is 0.257. The van der Waals surface area contributed by atoms with Crippen molar-refractivity contribution >= 4 is 0 Å². The number of benzene rings is 1. The number of unbranched alkanes of at least 4 members (excludes halogenated alkanes) is 16. The Bertz CT molecular complexity index is 428. The maximum atomic E-state index is 5.93. The van der Waals surface area contributed by atoms with Crippen molar-refractivity contribution in [2.24, 2.45) is 0 Å². The molecule has 30 heavy (non-hydrogen) atoms. The van der Waals surface area contributed by atoms with Gasteiger partial charge in [0.25, 0.3) is 0 Å². The fourth-order valence-corrected chi connectivity index (χ4v) is 3.75. The van der Waals surface area contributed by atoms with Crippen molar-refractivity contribution in [3.63, 3.8) is 0 Å². The lowest BCUT2D eigenvalue weighted by Gasteiger charge is -2.12. The van der Waals surface area contributed by atoms with Crippen LogP contribution in [0.2, 0.25) is 0 Å². The Hall–Kier alpha value is -1.18. The van der Waals surface area contributed by atoms with Crippen molar-refractivity contribution in [1.29, 1.82) is 0 Å². The second-order valence-corrected chi connectivity index (χ2v) is 8.63. The summed E-state index contributed by atoms with van der Waals surface area (Å²) in [5.74, 6) is 1.46. The van der Waals surface area contributed by atoms with Gasteiger partial charge < -0.3 is 9.47 Å². The highest BCUT2D eigenvalue weighted by molar-refractivity contribution is 5.37. The van der Waals surface area contributed by atoms with Crippen LogP contribution >= 0.6 is 0 Å². The van der Waals surface area contributed by atoms with E-state index in [0.717, 1.165) is 37.6 Å². The standard InChI is InChI=1S/C28H48O2/c1-3-5-7-9-11-13-15-17-21-25-29-27-23-19-20-24-28(27)30-26-22-18-16-14-12-10-8-6-4-2/h19-20H,3-18,21-22,25-26H2,1-2H3. The zero-order chi connectivity index (χ0) is 21.5. The molecular weight excluding hydrogens is 368 g/mol. The molecule has 1 aromatic rings. The van der Waals surface area contributed by atoms with Gasteiger partial charge in [-0.05, 0) is 25.0 Å². The van der Waals surface area contributed by atoms with Crippen molar-refractivity contribution in [1.82, 2.24) is 0 Å². The van der Waals surface area contributed by atoms with Crippen molar-refractivity contribution in [3.05, 3.63) is 24.3 Å². The summed E-state index contributed by atoms with van der Waals surface area (Å²) in [6.45, 7) is 6.04. The van der Waals surface area contributed by atoms with Crippen LogP contribution in [0.15, 0.2) is 12.1 Å². The van der Waals surface area contributed by atoms with E-state index < -0.39 is 0 Å². The Morgan fingerprint density at radius 1 is 0.467 bits per heavy atom. The normalized spacial score (nSPS) is 11.0. The first-order chi connectivity index (χ1) is 14.9. The molecule has 0 aliphatic heterocycles. The molecule has 1 rings (SSSR count). The van der Waals surface area contributed by atoms with Gasteiger partial charge in [-0.2, -0.15) is 0 Å². The highest BCUT2D eigenvalue weighted by atomic mass is 16.5. The monoisotopic (exact) mass is 416 g/mol. The van der Waals surface area contributed by atoms with Crippen molar-refractivity contribution in [2.75, 3.05) is 13.2 Å². The van der Waals surface area contributed by atoms with Gasteiger partial charge in [0.2, 0.25) is 0 Å². The quantitative estimate of drug-likeness (QED) is 0.175. The molecule has 0 spiro atoms. The van der Waals surface area contributed by atoms with Crippen LogP contribution in [-0.2, 0) is 0 Å². The summed E-state index contributed by atoms with van der Waals surface area (Å²) in [6.07, 6.45) is 23.9. The molecule has 0 unspecified atom stereocenters. The van der Waals surface area contributed by atoms with Crippen LogP contribution in [0.3, 0.4) is 0 Å². The van der Waals surface area contributed by atoms with Crippen molar-refractivity contribution in [3.8, 4) is 11.5 Å². The van der Waals surface area contributed by atoms with E-state index in [1.165, 1.54) is 103 Å². The maximum Gasteiger partial charge on any atom is 0.169 e. The number of rotatable bonds is 22. The third-order valence-corrected chi connectivity index (χ3v) is 5.71. The van der Waals surface area contributed by atoms with E-state index in [2.05, 4.69) is 26.0 Å². The van der Waals surface area contributed by atoms with E-state index in [-0.39, 0.29) is 0 Å². The van der Waals surface area contributed by atoms with Crippen LogP contribution in [-0.4, -0.2) is 13.2 Å². The van der Waals surface area contributed by atoms with E-state index >= 15 is 0 Å². The topological polar surface area (TPSA) is 18.5 Å². The highest BCUT2D eigenvalue weighted by Gasteiger charge is 2.05. The van der Waals surface area contributed by atoms with Gasteiger partial charge in [-0.15, -0.1) is 0 Å². The SMILES string of the molecule is CCCCCCCCCCCOc1[c]cc[c]c1OCCCCCCCCCCC. The molecular formula is C28H48O2. The Morgan fingerprint density at radius 3 is 1.10 bits per heavy atom. The molecule has 0 aliphatic carbocycles. The minimum atomic E-state index is 0.730. The van der Waals surface area contributed by atoms with Crippen molar-refractivity contribution in [2.45, 2.75) is 129 Å². The van der Waals surface area contributed by atoms with Gasteiger partial charge in [0.1, 0.15) is 0 Å². The van der Waals surface area contributed by atoms with Crippen LogP contribution in [0.1, 0.15) is 129 Å². The minimum absolute atomic E-state index is 0.730.